The number of hydrogen-bond donors (Lipinski definition) is 1. The zero-order chi connectivity index (χ0) is 17.6. The molecular weight excluding hydrogens is 348 g/mol. The summed E-state index contributed by atoms with van der Waals surface area (Å²) < 4.78 is 52.7. The first-order valence-corrected chi connectivity index (χ1v) is 11.6. The van der Waals surface area contributed by atoms with Crippen LogP contribution < -0.4 is 4.72 Å². The first-order chi connectivity index (χ1) is 11.3. The van der Waals surface area contributed by atoms with Crippen LogP contribution in [0.4, 0.5) is 0 Å². The molecule has 0 unspecified atom stereocenters. The van der Waals surface area contributed by atoms with Crippen LogP contribution in [0.15, 0.2) is 24.3 Å². The topological polar surface area (TPSA) is 83.5 Å². The molecule has 136 valence electrons. The monoisotopic (exact) mass is 374 g/mol. The summed E-state index contributed by atoms with van der Waals surface area (Å²) in [5.74, 6) is -0.336. The van der Waals surface area contributed by atoms with Gasteiger partial charge in [0.15, 0.2) is 0 Å². The molecule has 0 atom stereocenters. The van der Waals surface area contributed by atoms with Crippen LogP contribution >= 0.6 is 0 Å². The van der Waals surface area contributed by atoms with E-state index in [1.54, 1.807) is 12.1 Å². The fraction of sp³-hybridized carbons (Fsp3) is 0.625. The summed E-state index contributed by atoms with van der Waals surface area (Å²) in [6.45, 7) is 2.92. The smallest absolute Gasteiger partial charge is 0.214 e. The van der Waals surface area contributed by atoms with Gasteiger partial charge in [-0.25, -0.2) is 25.9 Å². The summed E-state index contributed by atoms with van der Waals surface area (Å²) in [6.07, 6.45) is 3.85. The highest BCUT2D eigenvalue weighted by atomic mass is 32.2. The van der Waals surface area contributed by atoms with Crippen LogP contribution in [0, 0.1) is 6.92 Å². The van der Waals surface area contributed by atoms with Gasteiger partial charge in [-0.2, -0.15) is 0 Å². The minimum absolute atomic E-state index is 0.0902. The van der Waals surface area contributed by atoms with Gasteiger partial charge in [-0.3, -0.25) is 0 Å². The highest BCUT2D eigenvalue weighted by Crippen LogP contribution is 2.13. The molecule has 8 heteroatoms. The lowest BCUT2D eigenvalue weighted by atomic mass is 10.2. The Kier molecular flexibility index (Phi) is 6.79. The number of aryl methyl sites for hydroxylation is 1. The molecule has 1 aliphatic rings. The second-order valence-electron chi connectivity index (χ2n) is 6.27. The molecule has 24 heavy (non-hydrogen) atoms. The van der Waals surface area contributed by atoms with Gasteiger partial charge in [0, 0.05) is 19.6 Å². The van der Waals surface area contributed by atoms with Gasteiger partial charge in [-0.15, -0.1) is 0 Å². The van der Waals surface area contributed by atoms with Gasteiger partial charge in [-0.1, -0.05) is 42.7 Å². The fourth-order valence-electron chi connectivity index (χ4n) is 2.73. The van der Waals surface area contributed by atoms with Gasteiger partial charge in [0.2, 0.25) is 20.0 Å². The fourth-order valence-corrected chi connectivity index (χ4v) is 5.44. The highest BCUT2D eigenvalue weighted by Gasteiger charge is 2.23. The van der Waals surface area contributed by atoms with E-state index in [0.717, 1.165) is 31.2 Å². The number of hydrogen-bond acceptors (Lipinski definition) is 4. The Balaban J connectivity index is 1.86. The molecule has 1 fully saturated rings. The van der Waals surface area contributed by atoms with E-state index in [1.807, 2.05) is 19.1 Å². The Morgan fingerprint density at radius 2 is 1.54 bits per heavy atom. The molecule has 6 nitrogen and oxygen atoms in total. The molecule has 1 N–H and O–H groups in total. The molecule has 0 aromatic heterocycles. The zero-order valence-electron chi connectivity index (χ0n) is 14.1. The van der Waals surface area contributed by atoms with Gasteiger partial charge in [0.25, 0.3) is 0 Å². The predicted octanol–water partition coefficient (Wildman–Crippen LogP) is 1.62. The summed E-state index contributed by atoms with van der Waals surface area (Å²) >= 11 is 0. The standard InChI is InChI=1S/C16H26N2O4S2/c1-15-6-8-16(9-7-15)14-23(19,20)17-10-13-24(21,22)18-11-4-2-3-5-12-18/h6-9,17H,2-5,10-14H2,1H3. The van der Waals surface area contributed by atoms with Crippen LogP contribution in [0.3, 0.4) is 0 Å². The van der Waals surface area contributed by atoms with Crippen molar-refractivity contribution in [1.82, 2.24) is 9.03 Å². The molecule has 1 heterocycles. The molecule has 0 aliphatic carbocycles. The van der Waals surface area contributed by atoms with E-state index in [4.69, 9.17) is 0 Å². The van der Waals surface area contributed by atoms with E-state index in [-0.39, 0.29) is 18.1 Å². The van der Waals surface area contributed by atoms with E-state index in [9.17, 15) is 16.8 Å². The molecule has 2 rings (SSSR count). The van der Waals surface area contributed by atoms with Crippen molar-refractivity contribution in [2.75, 3.05) is 25.4 Å². The summed E-state index contributed by atoms with van der Waals surface area (Å²) in [5.41, 5.74) is 1.75. The Bertz CT molecular complexity index is 720. The van der Waals surface area contributed by atoms with Crippen molar-refractivity contribution in [3.05, 3.63) is 35.4 Å². The minimum atomic E-state index is -3.54. The van der Waals surface area contributed by atoms with Crippen LogP contribution in [-0.2, 0) is 25.8 Å². The minimum Gasteiger partial charge on any atom is -0.214 e. The lowest BCUT2D eigenvalue weighted by Gasteiger charge is -2.19. The van der Waals surface area contributed by atoms with E-state index in [0.29, 0.717) is 18.7 Å². The van der Waals surface area contributed by atoms with Gasteiger partial charge < -0.3 is 0 Å². The van der Waals surface area contributed by atoms with Crippen molar-refractivity contribution in [2.24, 2.45) is 0 Å². The third kappa shape index (κ3) is 6.16. The van der Waals surface area contributed by atoms with Crippen molar-refractivity contribution in [3.63, 3.8) is 0 Å². The van der Waals surface area contributed by atoms with Crippen molar-refractivity contribution >= 4 is 20.0 Å². The van der Waals surface area contributed by atoms with E-state index >= 15 is 0 Å². The van der Waals surface area contributed by atoms with Gasteiger partial charge >= 0.3 is 0 Å². The molecule has 0 amide bonds. The van der Waals surface area contributed by atoms with Gasteiger partial charge in [0.05, 0.1) is 11.5 Å². The predicted molar refractivity (Wildman–Crippen MR) is 95.6 cm³/mol. The van der Waals surface area contributed by atoms with Crippen molar-refractivity contribution in [2.45, 2.75) is 38.4 Å². The van der Waals surface area contributed by atoms with E-state index in [2.05, 4.69) is 4.72 Å². The SMILES string of the molecule is Cc1ccc(CS(=O)(=O)NCCS(=O)(=O)N2CCCCCC2)cc1. The van der Waals surface area contributed by atoms with E-state index in [1.165, 1.54) is 4.31 Å². The molecule has 1 saturated heterocycles. The van der Waals surface area contributed by atoms with Crippen LogP contribution in [-0.4, -0.2) is 46.5 Å². The van der Waals surface area contributed by atoms with Crippen LogP contribution in [0.25, 0.3) is 0 Å². The van der Waals surface area contributed by atoms with Crippen LogP contribution in [0.2, 0.25) is 0 Å². The Labute approximate surface area is 145 Å². The number of benzene rings is 1. The summed E-state index contributed by atoms with van der Waals surface area (Å²) in [7, 11) is -6.94. The molecule has 0 saturated carbocycles. The average Bonchev–Trinajstić information content (AvgIpc) is 2.78. The normalized spacial score (nSPS) is 17.5. The van der Waals surface area contributed by atoms with Gasteiger partial charge in [-0.05, 0) is 25.3 Å². The lowest BCUT2D eigenvalue weighted by molar-refractivity contribution is 0.423. The lowest BCUT2D eigenvalue weighted by Crippen LogP contribution is -2.38. The average molecular weight is 375 g/mol. The number of nitrogens with zero attached hydrogens (tertiary/aromatic N) is 1. The maximum absolute atomic E-state index is 12.3. The van der Waals surface area contributed by atoms with Gasteiger partial charge in [0.1, 0.15) is 0 Å². The Morgan fingerprint density at radius 1 is 0.958 bits per heavy atom. The van der Waals surface area contributed by atoms with Crippen LogP contribution in [0.1, 0.15) is 36.8 Å². The third-order valence-electron chi connectivity index (χ3n) is 4.12. The first-order valence-electron chi connectivity index (χ1n) is 8.29. The molecule has 0 bridgehead atoms. The highest BCUT2D eigenvalue weighted by molar-refractivity contribution is 7.89. The van der Waals surface area contributed by atoms with Crippen molar-refractivity contribution in [3.8, 4) is 0 Å². The quantitative estimate of drug-likeness (QED) is 0.786. The molecule has 1 aromatic rings. The van der Waals surface area contributed by atoms with Crippen molar-refractivity contribution in [1.29, 1.82) is 0 Å². The second kappa shape index (κ2) is 8.42. The third-order valence-corrected chi connectivity index (χ3v) is 7.35. The van der Waals surface area contributed by atoms with Crippen LogP contribution in [0.5, 0.6) is 0 Å². The van der Waals surface area contributed by atoms with E-state index < -0.39 is 20.0 Å². The molecule has 1 aliphatic heterocycles. The maximum Gasteiger partial charge on any atom is 0.215 e. The molecule has 0 radical (unpaired) electrons. The molecular formula is C16H26N2O4S2. The van der Waals surface area contributed by atoms with Crippen molar-refractivity contribution < 1.29 is 16.8 Å². The molecule has 0 spiro atoms. The number of sulfonamides is 2. The number of nitrogens with one attached hydrogen (secondary N) is 1. The summed E-state index contributed by atoms with van der Waals surface area (Å²) in [5, 5.41) is 0. The largest absolute Gasteiger partial charge is 0.215 e. The summed E-state index contributed by atoms with van der Waals surface area (Å²) in [6, 6.07) is 7.24. The molecule has 1 aromatic carbocycles. The Hall–Kier alpha value is -0.960. The summed E-state index contributed by atoms with van der Waals surface area (Å²) in [4.78, 5) is 0. The first kappa shape index (κ1) is 19.4. The Morgan fingerprint density at radius 3 is 2.12 bits per heavy atom. The number of rotatable bonds is 7. The second-order valence-corrected chi connectivity index (χ2v) is 10.2. The maximum atomic E-state index is 12.3. The zero-order valence-corrected chi connectivity index (χ0v) is 15.7.